The molecule has 17 heavy (non-hydrogen) atoms. The topological polar surface area (TPSA) is 86.2 Å². The second kappa shape index (κ2) is 5.29. The molecule has 1 rings (SSSR count). The van der Waals surface area contributed by atoms with Gasteiger partial charge in [0, 0.05) is 15.8 Å². The number of anilines is 1. The lowest BCUT2D eigenvalue weighted by Gasteiger charge is -2.16. The van der Waals surface area contributed by atoms with Crippen LogP contribution >= 0.6 is 11.8 Å². The minimum absolute atomic E-state index is 0.0524. The molecule has 0 fully saturated rings. The molecule has 1 unspecified atom stereocenters. The zero-order chi connectivity index (χ0) is 13.2. The summed E-state index contributed by atoms with van der Waals surface area (Å²) in [5.74, 6) is 0.525. The molecule has 0 radical (unpaired) electrons. The summed E-state index contributed by atoms with van der Waals surface area (Å²) in [4.78, 5) is 0.940. The summed E-state index contributed by atoms with van der Waals surface area (Å²) < 4.78 is 22.3. The molecule has 96 valence electrons. The SMILES string of the molecule is CC(C)C(C)Sc1ccc(S(N)(=O)=O)cc1N. The molecule has 0 heterocycles. The molecule has 0 saturated heterocycles. The monoisotopic (exact) mass is 274 g/mol. The van der Waals surface area contributed by atoms with Crippen LogP contribution in [0, 0.1) is 5.92 Å². The van der Waals surface area contributed by atoms with E-state index in [4.69, 9.17) is 10.9 Å². The standard InChI is InChI=1S/C11H18N2O2S2/c1-7(2)8(3)16-11-5-4-9(6-10(11)12)17(13,14)15/h4-8H,12H2,1-3H3,(H2,13,14,15). The summed E-state index contributed by atoms with van der Waals surface area (Å²) in [6, 6.07) is 4.60. The third-order valence-corrected chi connectivity index (χ3v) is 5.01. The van der Waals surface area contributed by atoms with E-state index in [2.05, 4.69) is 20.8 Å². The zero-order valence-electron chi connectivity index (χ0n) is 10.2. The third-order valence-electron chi connectivity index (χ3n) is 2.56. The highest BCUT2D eigenvalue weighted by atomic mass is 32.2. The van der Waals surface area contributed by atoms with Crippen molar-refractivity contribution in [3.8, 4) is 0 Å². The predicted octanol–water partition coefficient (Wildman–Crippen LogP) is 2.05. The first-order valence-electron chi connectivity index (χ1n) is 5.31. The Balaban J connectivity index is 2.99. The molecule has 0 spiro atoms. The van der Waals surface area contributed by atoms with Gasteiger partial charge in [0.05, 0.1) is 4.90 Å². The number of sulfonamides is 1. The molecule has 0 aliphatic rings. The normalized spacial score (nSPS) is 13.9. The van der Waals surface area contributed by atoms with Crippen molar-refractivity contribution in [2.75, 3.05) is 5.73 Å². The van der Waals surface area contributed by atoms with Crippen LogP contribution in [-0.2, 0) is 10.0 Å². The van der Waals surface area contributed by atoms with Crippen LogP contribution in [-0.4, -0.2) is 13.7 Å². The molecule has 0 aliphatic heterocycles. The molecule has 0 amide bonds. The molecule has 4 N–H and O–H groups in total. The maximum Gasteiger partial charge on any atom is 0.238 e. The number of rotatable bonds is 4. The van der Waals surface area contributed by atoms with Gasteiger partial charge in [0.1, 0.15) is 0 Å². The third kappa shape index (κ3) is 3.90. The zero-order valence-corrected chi connectivity index (χ0v) is 11.8. The summed E-state index contributed by atoms with van der Waals surface area (Å²) in [6.45, 7) is 6.38. The van der Waals surface area contributed by atoms with Crippen LogP contribution in [0.15, 0.2) is 28.0 Å². The van der Waals surface area contributed by atoms with Crippen LogP contribution in [0.1, 0.15) is 20.8 Å². The van der Waals surface area contributed by atoms with Gasteiger partial charge in [-0.3, -0.25) is 0 Å². The summed E-state index contributed by atoms with van der Waals surface area (Å²) >= 11 is 1.64. The van der Waals surface area contributed by atoms with Crippen LogP contribution in [0.4, 0.5) is 5.69 Å². The van der Waals surface area contributed by atoms with Crippen LogP contribution < -0.4 is 10.9 Å². The Kier molecular flexibility index (Phi) is 4.46. The second-order valence-electron chi connectivity index (χ2n) is 4.31. The molecule has 1 aromatic carbocycles. The van der Waals surface area contributed by atoms with Gasteiger partial charge in [0.15, 0.2) is 0 Å². The average Bonchev–Trinajstić information content (AvgIpc) is 2.19. The number of hydrogen-bond acceptors (Lipinski definition) is 4. The molecule has 1 atom stereocenters. The fraction of sp³-hybridized carbons (Fsp3) is 0.455. The molecule has 6 heteroatoms. The predicted molar refractivity (Wildman–Crippen MR) is 72.4 cm³/mol. The number of hydrogen-bond donors (Lipinski definition) is 2. The quantitative estimate of drug-likeness (QED) is 0.650. The lowest BCUT2D eigenvalue weighted by molar-refractivity contribution is 0.597. The number of thioether (sulfide) groups is 1. The van der Waals surface area contributed by atoms with E-state index in [0.717, 1.165) is 4.90 Å². The van der Waals surface area contributed by atoms with E-state index in [1.807, 2.05) is 0 Å². The van der Waals surface area contributed by atoms with Gasteiger partial charge in [-0.05, 0) is 24.1 Å². The maximum atomic E-state index is 11.1. The van der Waals surface area contributed by atoms with Gasteiger partial charge in [-0.1, -0.05) is 20.8 Å². The minimum Gasteiger partial charge on any atom is -0.398 e. The van der Waals surface area contributed by atoms with Crippen molar-refractivity contribution in [1.29, 1.82) is 0 Å². The summed E-state index contributed by atoms with van der Waals surface area (Å²) in [5.41, 5.74) is 6.28. The van der Waals surface area contributed by atoms with Crippen molar-refractivity contribution in [2.45, 2.75) is 35.8 Å². The number of primary sulfonamides is 1. The number of nitrogens with two attached hydrogens (primary N) is 2. The molecular formula is C11H18N2O2S2. The fourth-order valence-electron chi connectivity index (χ4n) is 1.15. The van der Waals surface area contributed by atoms with Gasteiger partial charge in [0.25, 0.3) is 0 Å². The number of nitrogen functional groups attached to an aromatic ring is 1. The van der Waals surface area contributed by atoms with Gasteiger partial charge in [-0.15, -0.1) is 11.8 Å². The highest BCUT2D eigenvalue weighted by Crippen LogP contribution is 2.32. The second-order valence-corrected chi connectivity index (χ2v) is 7.29. The molecule has 4 nitrogen and oxygen atoms in total. The van der Waals surface area contributed by atoms with Gasteiger partial charge in [-0.25, -0.2) is 13.6 Å². The van der Waals surface area contributed by atoms with Crippen LogP contribution in [0.3, 0.4) is 0 Å². The fourth-order valence-corrected chi connectivity index (χ4v) is 2.71. The van der Waals surface area contributed by atoms with Crippen LogP contribution in [0.25, 0.3) is 0 Å². The summed E-state index contributed by atoms with van der Waals surface area (Å²) in [6.07, 6.45) is 0. The van der Waals surface area contributed by atoms with Gasteiger partial charge >= 0.3 is 0 Å². The highest BCUT2D eigenvalue weighted by Gasteiger charge is 2.13. The Bertz CT molecular complexity index is 498. The van der Waals surface area contributed by atoms with Crippen molar-refractivity contribution in [1.82, 2.24) is 0 Å². The van der Waals surface area contributed by atoms with Crippen molar-refractivity contribution in [3.05, 3.63) is 18.2 Å². The first-order valence-corrected chi connectivity index (χ1v) is 7.73. The van der Waals surface area contributed by atoms with E-state index in [9.17, 15) is 8.42 Å². The van der Waals surface area contributed by atoms with E-state index in [-0.39, 0.29) is 4.90 Å². The molecule has 0 aromatic heterocycles. The molecule has 0 aliphatic carbocycles. The van der Waals surface area contributed by atoms with Gasteiger partial charge in [-0.2, -0.15) is 0 Å². The lowest BCUT2D eigenvalue weighted by Crippen LogP contribution is -2.12. The maximum absolute atomic E-state index is 11.1. The largest absolute Gasteiger partial charge is 0.398 e. The van der Waals surface area contributed by atoms with E-state index < -0.39 is 10.0 Å². The Morgan fingerprint density at radius 2 is 1.82 bits per heavy atom. The van der Waals surface area contributed by atoms with E-state index >= 15 is 0 Å². The van der Waals surface area contributed by atoms with E-state index in [1.54, 1.807) is 17.8 Å². The Morgan fingerprint density at radius 3 is 2.24 bits per heavy atom. The highest BCUT2D eigenvalue weighted by molar-refractivity contribution is 8.00. The van der Waals surface area contributed by atoms with E-state index in [0.29, 0.717) is 16.9 Å². The molecule has 1 aromatic rings. The van der Waals surface area contributed by atoms with Gasteiger partial charge in [0.2, 0.25) is 10.0 Å². The summed E-state index contributed by atoms with van der Waals surface area (Å²) in [5, 5.41) is 5.45. The van der Waals surface area contributed by atoms with Gasteiger partial charge < -0.3 is 5.73 Å². The summed E-state index contributed by atoms with van der Waals surface area (Å²) in [7, 11) is -3.68. The molecular weight excluding hydrogens is 256 g/mol. The molecule has 0 bridgehead atoms. The smallest absolute Gasteiger partial charge is 0.238 e. The number of benzene rings is 1. The first-order chi connectivity index (χ1) is 7.71. The van der Waals surface area contributed by atoms with Crippen LogP contribution in [0.2, 0.25) is 0 Å². The average molecular weight is 274 g/mol. The molecule has 0 saturated carbocycles. The Labute approximate surface area is 107 Å². The van der Waals surface area contributed by atoms with Crippen molar-refractivity contribution >= 4 is 27.5 Å². The van der Waals surface area contributed by atoms with Crippen LogP contribution in [0.5, 0.6) is 0 Å². The van der Waals surface area contributed by atoms with E-state index in [1.165, 1.54) is 12.1 Å². The lowest BCUT2D eigenvalue weighted by atomic mass is 10.2. The Morgan fingerprint density at radius 1 is 1.24 bits per heavy atom. The Hall–Kier alpha value is -0.720. The minimum atomic E-state index is -3.68. The first kappa shape index (κ1) is 14.3. The van der Waals surface area contributed by atoms with Crippen molar-refractivity contribution < 1.29 is 8.42 Å². The van der Waals surface area contributed by atoms with Crippen molar-refractivity contribution in [2.24, 2.45) is 11.1 Å². The van der Waals surface area contributed by atoms with Crippen molar-refractivity contribution in [3.63, 3.8) is 0 Å².